The number of hydrogen-bond donors (Lipinski definition) is 3. The fraction of sp³-hybridized carbons (Fsp3) is 0.333. The summed E-state index contributed by atoms with van der Waals surface area (Å²) in [5.74, 6) is 3.58. The predicted molar refractivity (Wildman–Crippen MR) is 103 cm³/mol. The molecule has 9 nitrogen and oxygen atoms in total. The fourth-order valence-electron chi connectivity index (χ4n) is 3.03. The average molecular weight is 366 g/mol. The maximum atomic E-state index is 5.52. The lowest BCUT2D eigenvalue weighted by molar-refractivity contribution is 0.416. The SMILES string of the molecule is CNc1cc(C)nc(Nc2ccc(OC)c(-c3nc4n(n3)CCNC4)c2)n1. The summed E-state index contributed by atoms with van der Waals surface area (Å²) in [6.45, 7) is 4.36. The van der Waals surface area contributed by atoms with Gasteiger partial charge < -0.3 is 20.7 Å². The highest BCUT2D eigenvalue weighted by Crippen LogP contribution is 2.32. The van der Waals surface area contributed by atoms with E-state index in [9.17, 15) is 0 Å². The first kappa shape index (κ1) is 17.2. The molecular weight excluding hydrogens is 344 g/mol. The highest BCUT2D eigenvalue weighted by Gasteiger charge is 2.18. The van der Waals surface area contributed by atoms with Crippen molar-refractivity contribution in [2.24, 2.45) is 0 Å². The fourth-order valence-corrected chi connectivity index (χ4v) is 3.03. The zero-order valence-electron chi connectivity index (χ0n) is 15.6. The van der Waals surface area contributed by atoms with E-state index in [4.69, 9.17) is 4.74 Å². The second kappa shape index (κ2) is 7.20. The number of aryl methyl sites for hydroxylation is 1. The largest absolute Gasteiger partial charge is 0.496 e. The van der Waals surface area contributed by atoms with E-state index < -0.39 is 0 Å². The molecular formula is C18H22N8O. The molecule has 3 aromatic rings. The van der Waals surface area contributed by atoms with Gasteiger partial charge in [-0.05, 0) is 25.1 Å². The van der Waals surface area contributed by atoms with Gasteiger partial charge in [0.05, 0.1) is 25.8 Å². The lowest BCUT2D eigenvalue weighted by Crippen LogP contribution is -2.28. The Morgan fingerprint density at radius 3 is 2.85 bits per heavy atom. The van der Waals surface area contributed by atoms with Crippen LogP contribution < -0.4 is 20.7 Å². The Bertz CT molecular complexity index is 944. The standard InChI is InChI=1S/C18H22N8O/c1-11-8-15(19-2)23-18(21-11)22-12-4-5-14(27-3)13(9-12)17-24-16-10-20-6-7-26(16)25-17/h4-5,8-9,20H,6-7,10H2,1-3H3,(H2,19,21,22,23). The number of nitrogens with zero attached hydrogens (tertiary/aromatic N) is 5. The van der Waals surface area contributed by atoms with E-state index in [2.05, 4.69) is 36.0 Å². The van der Waals surface area contributed by atoms with Gasteiger partial charge in [-0.3, -0.25) is 0 Å². The topological polar surface area (TPSA) is 102 Å². The molecule has 4 rings (SSSR count). The minimum absolute atomic E-state index is 0.525. The average Bonchev–Trinajstić information content (AvgIpc) is 3.11. The van der Waals surface area contributed by atoms with Gasteiger partial charge in [-0.15, -0.1) is 0 Å². The molecule has 0 saturated carbocycles. The molecule has 3 heterocycles. The monoisotopic (exact) mass is 366 g/mol. The summed E-state index contributed by atoms with van der Waals surface area (Å²) in [4.78, 5) is 13.5. The van der Waals surface area contributed by atoms with Crippen molar-refractivity contribution in [3.05, 3.63) is 35.8 Å². The number of fused-ring (bicyclic) bond motifs is 1. The van der Waals surface area contributed by atoms with Crippen LogP contribution in [0.15, 0.2) is 24.3 Å². The molecule has 1 aliphatic heterocycles. The van der Waals surface area contributed by atoms with Crippen molar-refractivity contribution >= 4 is 17.5 Å². The molecule has 27 heavy (non-hydrogen) atoms. The van der Waals surface area contributed by atoms with Crippen LogP contribution in [0, 0.1) is 6.92 Å². The third-order valence-corrected chi connectivity index (χ3v) is 4.34. The van der Waals surface area contributed by atoms with Crippen molar-refractivity contribution in [2.45, 2.75) is 20.0 Å². The number of aromatic nitrogens is 5. The van der Waals surface area contributed by atoms with Crippen LogP contribution in [0.3, 0.4) is 0 Å². The third-order valence-electron chi connectivity index (χ3n) is 4.34. The first-order chi connectivity index (χ1) is 13.2. The minimum Gasteiger partial charge on any atom is -0.496 e. The van der Waals surface area contributed by atoms with Gasteiger partial charge in [0.2, 0.25) is 5.95 Å². The van der Waals surface area contributed by atoms with E-state index in [1.807, 2.05) is 42.9 Å². The van der Waals surface area contributed by atoms with Gasteiger partial charge in [0.1, 0.15) is 17.4 Å². The van der Waals surface area contributed by atoms with Crippen LogP contribution >= 0.6 is 0 Å². The summed E-state index contributed by atoms with van der Waals surface area (Å²) in [5.41, 5.74) is 2.54. The van der Waals surface area contributed by atoms with Crippen LogP contribution in [0.1, 0.15) is 11.5 Å². The van der Waals surface area contributed by atoms with E-state index in [1.54, 1.807) is 7.11 Å². The molecule has 0 bridgehead atoms. The highest BCUT2D eigenvalue weighted by atomic mass is 16.5. The molecule has 2 aromatic heterocycles. The number of methoxy groups -OCH3 is 1. The molecule has 0 unspecified atom stereocenters. The lowest BCUT2D eigenvalue weighted by atomic mass is 10.1. The number of ether oxygens (including phenoxy) is 1. The summed E-state index contributed by atoms with van der Waals surface area (Å²) < 4.78 is 7.46. The van der Waals surface area contributed by atoms with Crippen LogP contribution in [0.4, 0.5) is 17.5 Å². The molecule has 0 fully saturated rings. The van der Waals surface area contributed by atoms with Crippen LogP contribution in [-0.2, 0) is 13.1 Å². The summed E-state index contributed by atoms with van der Waals surface area (Å²) in [6.07, 6.45) is 0. The highest BCUT2D eigenvalue weighted by molar-refractivity contribution is 5.71. The third kappa shape index (κ3) is 3.54. The molecule has 0 atom stereocenters. The smallest absolute Gasteiger partial charge is 0.229 e. The van der Waals surface area contributed by atoms with Crippen LogP contribution in [0.2, 0.25) is 0 Å². The molecule has 9 heteroatoms. The number of hydrogen-bond acceptors (Lipinski definition) is 8. The maximum absolute atomic E-state index is 5.52. The van der Waals surface area contributed by atoms with Gasteiger partial charge in [-0.1, -0.05) is 0 Å². The van der Waals surface area contributed by atoms with Crippen molar-refractivity contribution in [1.29, 1.82) is 0 Å². The van der Waals surface area contributed by atoms with Gasteiger partial charge in [0.25, 0.3) is 0 Å². The number of rotatable bonds is 5. The second-order valence-corrected chi connectivity index (χ2v) is 6.26. The van der Waals surface area contributed by atoms with Crippen molar-refractivity contribution in [3.63, 3.8) is 0 Å². The Labute approximate surface area is 157 Å². The summed E-state index contributed by atoms with van der Waals surface area (Å²) in [6, 6.07) is 7.66. The normalized spacial score (nSPS) is 13.1. The molecule has 0 aliphatic carbocycles. The van der Waals surface area contributed by atoms with Gasteiger partial charge in [-0.25, -0.2) is 14.6 Å². The van der Waals surface area contributed by atoms with E-state index >= 15 is 0 Å². The molecule has 1 aromatic carbocycles. The van der Waals surface area contributed by atoms with Crippen molar-refractivity contribution < 1.29 is 4.74 Å². The molecule has 1 aliphatic rings. The number of benzene rings is 1. The number of nitrogens with one attached hydrogen (secondary N) is 3. The van der Waals surface area contributed by atoms with E-state index in [0.717, 1.165) is 54.0 Å². The minimum atomic E-state index is 0.525. The molecule has 0 radical (unpaired) electrons. The van der Waals surface area contributed by atoms with Gasteiger partial charge in [-0.2, -0.15) is 10.1 Å². The molecule has 3 N–H and O–H groups in total. The van der Waals surface area contributed by atoms with E-state index in [1.165, 1.54) is 0 Å². The summed E-state index contributed by atoms with van der Waals surface area (Å²) in [7, 11) is 3.48. The van der Waals surface area contributed by atoms with Crippen LogP contribution in [0.25, 0.3) is 11.4 Å². The first-order valence-electron chi connectivity index (χ1n) is 8.79. The quantitative estimate of drug-likeness (QED) is 0.630. The van der Waals surface area contributed by atoms with Crippen LogP contribution in [-0.4, -0.2) is 45.4 Å². The first-order valence-corrected chi connectivity index (χ1v) is 8.79. The predicted octanol–water partition coefficient (Wildman–Crippen LogP) is 1.94. The van der Waals surface area contributed by atoms with Gasteiger partial charge >= 0.3 is 0 Å². The van der Waals surface area contributed by atoms with E-state index in [-0.39, 0.29) is 0 Å². The van der Waals surface area contributed by atoms with Crippen molar-refractivity contribution in [3.8, 4) is 17.1 Å². The van der Waals surface area contributed by atoms with Gasteiger partial charge in [0, 0.05) is 31.0 Å². The Morgan fingerprint density at radius 1 is 1.19 bits per heavy atom. The summed E-state index contributed by atoms with van der Waals surface area (Å²) in [5, 5.41) is 14.2. The zero-order valence-corrected chi connectivity index (χ0v) is 15.6. The molecule has 0 amide bonds. The van der Waals surface area contributed by atoms with E-state index in [0.29, 0.717) is 11.8 Å². The Morgan fingerprint density at radius 2 is 2.07 bits per heavy atom. The number of anilines is 3. The molecule has 140 valence electrons. The second-order valence-electron chi connectivity index (χ2n) is 6.26. The summed E-state index contributed by atoms with van der Waals surface area (Å²) >= 11 is 0. The molecule has 0 spiro atoms. The Hall–Kier alpha value is -3.20. The maximum Gasteiger partial charge on any atom is 0.229 e. The lowest BCUT2D eigenvalue weighted by Gasteiger charge is -2.12. The Kier molecular flexibility index (Phi) is 4.59. The zero-order chi connectivity index (χ0) is 18.8. The van der Waals surface area contributed by atoms with Gasteiger partial charge in [0.15, 0.2) is 5.82 Å². The molecule has 0 saturated heterocycles. The Balaban J connectivity index is 1.69. The van der Waals surface area contributed by atoms with Crippen molar-refractivity contribution in [1.82, 2.24) is 30.0 Å². The van der Waals surface area contributed by atoms with Crippen molar-refractivity contribution in [2.75, 3.05) is 31.3 Å². The van der Waals surface area contributed by atoms with Crippen LogP contribution in [0.5, 0.6) is 5.75 Å².